The van der Waals surface area contributed by atoms with E-state index in [1.807, 2.05) is 11.0 Å². The van der Waals surface area contributed by atoms with Gasteiger partial charge in [0, 0.05) is 37.8 Å². The van der Waals surface area contributed by atoms with Gasteiger partial charge in [0.05, 0.1) is 11.3 Å². The van der Waals surface area contributed by atoms with Crippen LogP contribution in [0.2, 0.25) is 0 Å². The minimum Gasteiger partial charge on any atom is -0.352 e. The molecule has 2 aliphatic carbocycles. The predicted octanol–water partition coefficient (Wildman–Crippen LogP) is 2.88. The third kappa shape index (κ3) is 2.97. The average molecular weight is 378 g/mol. The molecule has 0 N–H and O–H groups in total. The van der Waals surface area contributed by atoms with Gasteiger partial charge in [-0.25, -0.2) is 19.3 Å². The summed E-state index contributed by atoms with van der Waals surface area (Å²) in [5.74, 6) is 2.07. The van der Waals surface area contributed by atoms with Gasteiger partial charge in [0.1, 0.15) is 17.7 Å². The standard InChI is InChI=1S/C21H23FN6/c1-13-18(22)21(26-19(24-13)14-5-6-14)28-9-7-27(8-10-28)20-16(12-23)11-15-3-2-4-17(15)25-20/h11,14H,2-10H2,1H3. The maximum atomic E-state index is 14.7. The lowest BCUT2D eigenvalue weighted by atomic mass is 10.1. The summed E-state index contributed by atoms with van der Waals surface area (Å²) in [6.07, 6.45) is 5.31. The maximum Gasteiger partial charge on any atom is 0.186 e. The fourth-order valence-electron chi connectivity index (χ4n) is 4.21. The number of nitriles is 1. The van der Waals surface area contributed by atoms with Crippen LogP contribution in [-0.2, 0) is 12.8 Å². The first kappa shape index (κ1) is 17.4. The third-order valence-corrected chi connectivity index (χ3v) is 5.99. The van der Waals surface area contributed by atoms with E-state index in [1.165, 1.54) is 5.56 Å². The van der Waals surface area contributed by atoms with Crippen molar-refractivity contribution >= 4 is 11.6 Å². The summed E-state index contributed by atoms with van der Waals surface area (Å²) in [6.45, 7) is 4.42. The molecule has 0 spiro atoms. The highest BCUT2D eigenvalue weighted by atomic mass is 19.1. The first-order valence-corrected chi connectivity index (χ1v) is 10.1. The highest BCUT2D eigenvalue weighted by Gasteiger charge is 2.31. The van der Waals surface area contributed by atoms with Gasteiger partial charge in [0.15, 0.2) is 11.6 Å². The van der Waals surface area contributed by atoms with Crippen molar-refractivity contribution < 1.29 is 4.39 Å². The highest BCUT2D eigenvalue weighted by molar-refractivity contribution is 5.58. The molecule has 2 aromatic heterocycles. The molecule has 0 atom stereocenters. The molecule has 0 bridgehead atoms. The Hall–Kier alpha value is -2.75. The zero-order valence-corrected chi connectivity index (χ0v) is 16.1. The zero-order valence-electron chi connectivity index (χ0n) is 16.1. The molecule has 6 nitrogen and oxygen atoms in total. The van der Waals surface area contributed by atoms with Crippen molar-refractivity contribution in [1.82, 2.24) is 15.0 Å². The number of fused-ring (bicyclic) bond motifs is 1. The van der Waals surface area contributed by atoms with E-state index in [2.05, 4.69) is 20.9 Å². The minimum atomic E-state index is -0.314. The van der Waals surface area contributed by atoms with E-state index >= 15 is 0 Å². The lowest BCUT2D eigenvalue weighted by molar-refractivity contribution is 0.568. The summed E-state index contributed by atoms with van der Waals surface area (Å²) >= 11 is 0. The molecule has 5 rings (SSSR count). The van der Waals surface area contributed by atoms with Gasteiger partial charge in [-0.05, 0) is 50.7 Å². The first-order valence-electron chi connectivity index (χ1n) is 10.1. The Morgan fingerprint density at radius 3 is 2.43 bits per heavy atom. The summed E-state index contributed by atoms with van der Waals surface area (Å²) in [5, 5.41) is 9.57. The Morgan fingerprint density at radius 2 is 1.75 bits per heavy atom. The van der Waals surface area contributed by atoms with Gasteiger partial charge >= 0.3 is 0 Å². The molecule has 0 amide bonds. The van der Waals surface area contributed by atoms with Gasteiger partial charge in [0.2, 0.25) is 0 Å². The van der Waals surface area contributed by atoms with Crippen LogP contribution in [0.25, 0.3) is 0 Å². The Bertz CT molecular complexity index is 970. The first-order chi connectivity index (χ1) is 13.6. The number of rotatable bonds is 3. The summed E-state index contributed by atoms with van der Waals surface area (Å²) in [6, 6.07) is 4.32. The monoisotopic (exact) mass is 378 g/mol. The molecule has 2 fully saturated rings. The molecule has 0 unspecified atom stereocenters. The third-order valence-electron chi connectivity index (χ3n) is 5.99. The van der Waals surface area contributed by atoms with Crippen LogP contribution in [-0.4, -0.2) is 41.1 Å². The molecule has 7 heteroatoms. The van der Waals surface area contributed by atoms with E-state index < -0.39 is 0 Å². The van der Waals surface area contributed by atoms with Crippen molar-refractivity contribution in [2.45, 2.75) is 44.9 Å². The molecule has 1 aliphatic heterocycles. The van der Waals surface area contributed by atoms with Crippen molar-refractivity contribution in [3.8, 4) is 6.07 Å². The number of halogens is 1. The fourth-order valence-corrected chi connectivity index (χ4v) is 4.21. The van der Waals surface area contributed by atoms with Crippen molar-refractivity contribution in [3.05, 3.63) is 40.2 Å². The summed E-state index contributed by atoms with van der Waals surface area (Å²) in [4.78, 5) is 17.9. The van der Waals surface area contributed by atoms with Gasteiger partial charge in [-0.15, -0.1) is 0 Å². The smallest absolute Gasteiger partial charge is 0.186 e. The van der Waals surface area contributed by atoms with Gasteiger partial charge < -0.3 is 9.80 Å². The van der Waals surface area contributed by atoms with E-state index in [4.69, 9.17) is 4.98 Å². The number of anilines is 2. The lowest BCUT2D eigenvalue weighted by Gasteiger charge is -2.36. The van der Waals surface area contributed by atoms with Crippen LogP contribution in [0.15, 0.2) is 6.07 Å². The van der Waals surface area contributed by atoms with Crippen LogP contribution in [0, 0.1) is 24.1 Å². The molecule has 28 heavy (non-hydrogen) atoms. The number of hydrogen-bond donors (Lipinski definition) is 0. The molecule has 0 radical (unpaired) electrons. The van der Waals surface area contributed by atoms with Crippen molar-refractivity contribution in [2.75, 3.05) is 36.0 Å². The van der Waals surface area contributed by atoms with Crippen LogP contribution in [0.1, 0.15) is 53.5 Å². The molecule has 0 aromatic carbocycles. The molecule has 144 valence electrons. The molecule has 3 aliphatic rings. The number of aromatic nitrogens is 3. The van der Waals surface area contributed by atoms with Crippen molar-refractivity contribution in [2.24, 2.45) is 0 Å². The summed E-state index contributed by atoms with van der Waals surface area (Å²) < 4.78 is 14.7. The van der Waals surface area contributed by atoms with E-state index in [1.54, 1.807) is 6.92 Å². The zero-order chi connectivity index (χ0) is 19.3. The number of aryl methyl sites for hydroxylation is 3. The molecular formula is C21H23FN6. The van der Waals surface area contributed by atoms with Crippen LogP contribution >= 0.6 is 0 Å². The second kappa shape index (κ2) is 6.69. The minimum absolute atomic E-state index is 0.314. The number of hydrogen-bond acceptors (Lipinski definition) is 6. The van der Waals surface area contributed by atoms with Crippen molar-refractivity contribution in [3.63, 3.8) is 0 Å². The Balaban J connectivity index is 1.37. The van der Waals surface area contributed by atoms with E-state index in [0.29, 0.717) is 49.2 Å². The van der Waals surface area contributed by atoms with Crippen LogP contribution in [0.4, 0.5) is 16.0 Å². The van der Waals surface area contributed by atoms with Gasteiger partial charge in [-0.3, -0.25) is 0 Å². The number of piperazine rings is 1. The topological polar surface area (TPSA) is 68.9 Å². The quantitative estimate of drug-likeness (QED) is 0.818. The van der Waals surface area contributed by atoms with Crippen molar-refractivity contribution in [1.29, 1.82) is 5.26 Å². The average Bonchev–Trinajstić information content (AvgIpc) is 3.47. The number of pyridine rings is 1. The molecule has 1 saturated carbocycles. The Labute approximate surface area is 164 Å². The van der Waals surface area contributed by atoms with E-state index in [9.17, 15) is 9.65 Å². The van der Waals surface area contributed by atoms with Gasteiger partial charge in [-0.1, -0.05) is 0 Å². The normalized spacial score (nSPS) is 18.9. The molecular weight excluding hydrogens is 355 g/mol. The van der Waals surface area contributed by atoms with E-state index in [0.717, 1.165) is 49.4 Å². The Kier molecular flexibility index (Phi) is 4.15. The molecule has 1 saturated heterocycles. The number of nitrogens with zero attached hydrogens (tertiary/aromatic N) is 6. The predicted molar refractivity (Wildman–Crippen MR) is 104 cm³/mol. The van der Waals surface area contributed by atoms with Gasteiger partial charge in [-0.2, -0.15) is 5.26 Å². The highest BCUT2D eigenvalue weighted by Crippen LogP contribution is 2.39. The Morgan fingerprint density at radius 1 is 1.04 bits per heavy atom. The second-order valence-corrected chi connectivity index (χ2v) is 7.98. The summed E-state index contributed by atoms with van der Waals surface area (Å²) in [7, 11) is 0. The van der Waals surface area contributed by atoms with Crippen LogP contribution < -0.4 is 9.80 Å². The van der Waals surface area contributed by atoms with E-state index in [-0.39, 0.29) is 5.82 Å². The molecule has 2 aromatic rings. The molecule has 3 heterocycles. The lowest BCUT2D eigenvalue weighted by Crippen LogP contribution is -2.48. The van der Waals surface area contributed by atoms with Crippen LogP contribution in [0.5, 0.6) is 0 Å². The maximum absolute atomic E-state index is 14.7. The second-order valence-electron chi connectivity index (χ2n) is 7.98. The SMILES string of the molecule is Cc1nc(C2CC2)nc(N2CCN(c3nc4c(cc3C#N)CCC4)CC2)c1F. The van der Waals surface area contributed by atoms with Gasteiger partial charge in [0.25, 0.3) is 0 Å². The van der Waals surface area contributed by atoms with Crippen LogP contribution in [0.3, 0.4) is 0 Å². The summed E-state index contributed by atoms with van der Waals surface area (Å²) in [5.41, 5.74) is 3.42. The largest absolute Gasteiger partial charge is 0.352 e. The fraction of sp³-hybridized carbons (Fsp3) is 0.524.